The van der Waals surface area contributed by atoms with Crippen molar-refractivity contribution in [2.45, 2.75) is 12.6 Å². The van der Waals surface area contributed by atoms with Crippen LogP contribution >= 0.6 is 11.6 Å². The van der Waals surface area contributed by atoms with E-state index >= 15 is 0 Å². The van der Waals surface area contributed by atoms with E-state index in [1.54, 1.807) is 12.1 Å². The Labute approximate surface area is 117 Å². The van der Waals surface area contributed by atoms with Crippen molar-refractivity contribution in [2.24, 2.45) is 5.73 Å². The predicted octanol–water partition coefficient (Wildman–Crippen LogP) is 3.07. The van der Waals surface area contributed by atoms with Crippen molar-refractivity contribution in [2.75, 3.05) is 11.4 Å². The summed E-state index contributed by atoms with van der Waals surface area (Å²) in [6.45, 7) is 1.24. The van der Waals surface area contributed by atoms with Gasteiger partial charge in [0.25, 0.3) is 0 Å². The van der Waals surface area contributed by atoms with E-state index in [9.17, 15) is 5.11 Å². The van der Waals surface area contributed by atoms with Crippen LogP contribution in [0.4, 0.5) is 5.69 Å². The van der Waals surface area contributed by atoms with Crippen LogP contribution in [0.25, 0.3) is 0 Å². The highest BCUT2D eigenvalue weighted by Gasteiger charge is 2.30. The quantitative estimate of drug-likeness (QED) is 0.885. The Hall–Kier alpha value is -1.71. The molecular formula is C15H15ClN2O. The Morgan fingerprint density at radius 3 is 2.79 bits per heavy atom. The van der Waals surface area contributed by atoms with Gasteiger partial charge in [0.2, 0.25) is 0 Å². The fourth-order valence-electron chi connectivity index (χ4n) is 2.70. The highest BCUT2D eigenvalue weighted by atomic mass is 35.5. The Morgan fingerprint density at radius 2 is 2.05 bits per heavy atom. The van der Waals surface area contributed by atoms with Gasteiger partial charge in [0.15, 0.2) is 0 Å². The molecule has 0 radical (unpaired) electrons. The molecule has 0 saturated carbocycles. The SMILES string of the molecule is NCC1c2cccc(Cl)c2CN1c1cccc(O)c1. The first-order chi connectivity index (χ1) is 9.20. The zero-order chi connectivity index (χ0) is 13.4. The average Bonchev–Trinajstić information content (AvgIpc) is 2.79. The van der Waals surface area contributed by atoms with Crippen molar-refractivity contribution in [3.05, 3.63) is 58.6 Å². The standard InChI is InChI=1S/C15H15ClN2O/c16-14-6-2-5-12-13(14)9-18(15(12)8-17)10-3-1-4-11(19)7-10/h1-7,15,19H,8-9,17H2. The Kier molecular flexibility index (Phi) is 3.09. The van der Waals surface area contributed by atoms with Crippen LogP contribution in [0.15, 0.2) is 42.5 Å². The molecule has 0 saturated heterocycles. The van der Waals surface area contributed by atoms with Gasteiger partial charge in [0, 0.05) is 29.9 Å². The third kappa shape index (κ3) is 2.05. The molecule has 0 bridgehead atoms. The van der Waals surface area contributed by atoms with E-state index in [1.807, 2.05) is 24.3 Å². The average molecular weight is 275 g/mol. The zero-order valence-electron chi connectivity index (χ0n) is 10.4. The molecule has 3 rings (SSSR count). The fourth-order valence-corrected chi connectivity index (χ4v) is 2.94. The molecule has 4 heteroatoms. The minimum atomic E-state index is 0.107. The maximum Gasteiger partial charge on any atom is 0.117 e. The van der Waals surface area contributed by atoms with Crippen LogP contribution in [0.2, 0.25) is 5.02 Å². The molecule has 0 fully saturated rings. The van der Waals surface area contributed by atoms with E-state index in [2.05, 4.69) is 11.0 Å². The van der Waals surface area contributed by atoms with E-state index in [0.717, 1.165) is 22.8 Å². The van der Waals surface area contributed by atoms with Crippen LogP contribution in [0.5, 0.6) is 5.75 Å². The lowest BCUT2D eigenvalue weighted by molar-refractivity contribution is 0.475. The number of hydrogen-bond acceptors (Lipinski definition) is 3. The van der Waals surface area contributed by atoms with Gasteiger partial charge in [-0.1, -0.05) is 29.8 Å². The molecule has 3 N–H and O–H groups in total. The summed E-state index contributed by atoms with van der Waals surface area (Å²) in [7, 11) is 0. The van der Waals surface area contributed by atoms with Gasteiger partial charge in [-0.2, -0.15) is 0 Å². The van der Waals surface area contributed by atoms with Gasteiger partial charge in [0.05, 0.1) is 6.04 Å². The molecule has 2 aromatic carbocycles. The van der Waals surface area contributed by atoms with Crippen molar-refractivity contribution in [3.8, 4) is 5.75 Å². The van der Waals surface area contributed by atoms with Crippen LogP contribution in [0, 0.1) is 0 Å². The van der Waals surface area contributed by atoms with Gasteiger partial charge in [-0.15, -0.1) is 0 Å². The van der Waals surface area contributed by atoms with Gasteiger partial charge in [-0.05, 0) is 29.3 Å². The number of benzene rings is 2. The zero-order valence-corrected chi connectivity index (χ0v) is 11.1. The molecule has 0 amide bonds. The summed E-state index contributed by atoms with van der Waals surface area (Å²) < 4.78 is 0. The Balaban J connectivity index is 2.04. The molecular weight excluding hydrogens is 260 g/mol. The van der Waals surface area contributed by atoms with E-state index in [1.165, 1.54) is 5.56 Å². The number of phenols is 1. The largest absolute Gasteiger partial charge is 0.508 e. The number of halogens is 1. The van der Waals surface area contributed by atoms with Gasteiger partial charge in [0.1, 0.15) is 5.75 Å². The molecule has 1 aliphatic rings. The van der Waals surface area contributed by atoms with Gasteiger partial charge < -0.3 is 15.7 Å². The van der Waals surface area contributed by atoms with E-state index in [0.29, 0.717) is 6.54 Å². The molecule has 98 valence electrons. The Morgan fingerprint density at radius 1 is 1.26 bits per heavy atom. The fraction of sp³-hybridized carbons (Fsp3) is 0.200. The summed E-state index contributed by atoms with van der Waals surface area (Å²) >= 11 is 6.26. The van der Waals surface area contributed by atoms with Crippen LogP contribution in [-0.4, -0.2) is 11.7 Å². The first kappa shape index (κ1) is 12.3. The van der Waals surface area contributed by atoms with Crippen molar-refractivity contribution in [1.29, 1.82) is 0 Å². The second kappa shape index (κ2) is 4.76. The molecule has 1 heterocycles. The number of hydrogen-bond donors (Lipinski definition) is 2. The number of rotatable bonds is 2. The number of aromatic hydroxyl groups is 1. The smallest absolute Gasteiger partial charge is 0.117 e. The molecule has 0 spiro atoms. The highest BCUT2D eigenvalue weighted by Crippen LogP contribution is 2.40. The minimum absolute atomic E-state index is 0.107. The highest BCUT2D eigenvalue weighted by molar-refractivity contribution is 6.31. The molecule has 2 aromatic rings. The number of nitrogens with zero attached hydrogens (tertiary/aromatic N) is 1. The maximum atomic E-state index is 9.62. The van der Waals surface area contributed by atoms with Crippen LogP contribution < -0.4 is 10.6 Å². The molecule has 1 atom stereocenters. The lowest BCUT2D eigenvalue weighted by atomic mass is 10.1. The van der Waals surface area contributed by atoms with Crippen molar-refractivity contribution < 1.29 is 5.11 Å². The first-order valence-corrected chi connectivity index (χ1v) is 6.61. The topological polar surface area (TPSA) is 49.5 Å². The summed E-state index contributed by atoms with van der Waals surface area (Å²) in [6.07, 6.45) is 0. The normalized spacial score (nSPS) is 17.6. The van der Waals surface area contributed by atoms with E-state index in [4.69, 9.17) is 17.3 Å². The van der Waals surface area contributed by atoms with Gasteiger partial charge >= 0.3 is 0 Å². The molecule has 1 unspecified atom stereocenters. The third-order valence-corrected chi connectivity index (χ3v) is 3.96. The summed E-state index contributed by atoms with van der Waals surface area (Å²) in [4.78, 5) is 2.18. The maximum absolute atomic E-state index is 9.62. The second-order valence-corrected chi connectivity index (χ2v) is 5.11. The minimum Gasteiger partial charge on any atom is -0.508 e. The second-order valence-electron chi connectivity index (χ2n) is 4.71. The number of fused-ring (bicyclic) bond motifs is 1. The van der Waals surface area contributed by atoms with E-state index in [-0.39, 0.29) is 11.8 Å². The lowest BCUT2D eigenvalue weighted by Gasteiger charge is -2.26. The van der Waals surface area contributed by atoms with Gasteiger partial charge in [-0.3, -0.25) is 0 Å². The predicted molar refractivity (Wildman–Crippen MR) is 77.5 cm³/mol. The molecule has 3 nitrogen and oxygen atoms in total. The molecule has 0 aromatic heterocycles. The van der Waals surface area contributed by atoms with Crippen molar-refractivity contribution in [1.82, 2.24) is 0 Å². The summed E-state index contributed by atoms with van der Waals surface area (Å²) in [5.41, 5.74) is 9.18. The molecule has 1 aliphatic heterocycles. The number of nitrogens with two attached hydrogens (primary N) is 1. The van der Waals surface area contributed by atoms with Crippen LogP contribution in [0.1, 0.15) is 17.2 Å². The van der Waals surface area contributed by atoms with E-state index < -0.39 is 0 Å². The molecule has 19 heavy (non-hydrogen) atoms. The monoisotopic (exact) mass is 274 g/mol. The summed E-state index contributed by atoms with van der Waals surface area (Å²) in [5.74, 6) is 0.260. The van der Waals surface area contributed by atoms with Crippen LogP contribution in [0.3, 0.4) is 0 Å². The van der Waals surface area contributed by atoms with Crippen molar-refractivity contribution in [3.63, 3.8) is 0 Å². The number of phenolic OH excluding ortho intramolecular Hbond substituents is 1. The molecule has 0 aliphatic carbocycles. The Bertz CT molecular complexity index is 615. The first-order valence-electron chi connectivity index (χ1n) is 6.23. The summed E-state index contributed by atoms with van der Waals surface area (Å²) in [6, 6.07) is 13.3. The summed E-state index contributed by atoms with van der Waals surface area (Å²) in [5, 5.41) is 10.4. The van der Waals surface area contributed by atoms with Crippen LogP contribution in [-0.2, 0) is 6.54 Å². The number of anilines is 1. The van der Waals surface area contributed by atoms with Gasteiger partial charge in [-0.25, -0.2) is 0 Å². The van der Waals surface area contributed by atoms with Crippen molar-refractivity contribution >= 4 is 17.3 Å². The third-order valence-electron chi connectivity index (χ3n) is 3.60. The lowest BCUT2D eigenvalue weighted by Crippen LogP contribution is -2.27.